The number of hydrogen-bond donors (Lipinski definition) is 0. The van der Waals surface area contributed by atoms with Gasteiger partial charge in [0.1, 0.15) is 0 Å². The summed E-state index contributed by atoms with van der Waals surface area (Å²) in [5.41, 5.74) is 0. The van der Waals surface area contributed by atoms with Crippen molar-refractivity contribution in [3.05, 3.63) is 24.0 Å². The van der Waals surface area contributed by atoms with Crippen LogP contribution in [0.15, 0.2) is 24.0 Å². The molecule has 13 heavy (non-hydrogen) atoms. The fourth-order valence-corrected chi connectivity index (χ4v) is 1.54. The van der Waals surface area contributed by atoms with Crippen molar-refractivity contribution < 1.29 is 17.4 Å². The summed E-state index contributed by atoms with van der Waals surface area (Å²) in [6.07, 6.45) is -4.57. The summed E-state index contributed by atoms with van der Waals surface area (Å²) in [4.78, 5) is 0. The highest BCUT2D eigenvalue weighted by atomic mass is 32.3. The van der Waals surface area contributed by atoms with Crippen LogP contribution in [0.4, 0.5) is 13.2 Å². The van der Waals surface area contributed by atoms with Gasteiger partial charge in [0.2, 0.25) is 0 Å². The highest BCUT2D eigenvalue weighted by Gasteiger charge is 2.39. The maximum atomic E-state index is 12.1. The van der Waals surface area contributed by atoms with Gasteiger partial charge in [0.05, 0.1) is 0 Å². The van der Waals surface area contributed by atoms with Crippen molar-refractivity contribution in [2.45, 2.75) is 19.2 Å². The second-order valence-corrected chi connectivity index (χ2v) is 5.37. The highest BCUT2D eigenvalue weighted by molar-refractivity contribution is 8.34. The third kappa shape index (κ3) is 3.87. The maximum absolute atomic E-state index is 12.1. The van der Waals surface area contributed by atoms with Crippen LogP contribution < -0.4 is 0 Å². The van der Waals surface area contributed by atoms with E-state index in [1.54, 1.807) is 6.26 Å². The van der Waals surface area contributed by atoms with Gasteiger partial charge in [0.25, 0.3) is 0 Å². The van der Waals surface area contributed by atoms with Crippen LogP contribution in [0.5, 0.6) is 0 Å². The van der Waals surface area contributed by atoms with Gasteiger partial charge < -0.3 is 4.18 Å². The summed E-state index contributed by atoms with van der Waals surface area (Å²) in [5, 5.41) is 2.73. The Kier molecular flexibility index (Phi) is 4.06. The molecule has 0 N–H and O–H groups in total. The van der Waals surface area contributed by atoms with Gasteiger partial charge >= 0.3 is 6.18 Å². The topological polar surface area (TPSA) is 9.23 Å². The molecule has 0 aromatic carbocycles. The zero-order valence-electron chi connectivity index (χ0n) is 7.60. The van der Waals surface area contributed by atoms with Crippen molar-refractivity contribution in [3.63, 3.8) is 0 Å². The molecular formula is C8H13F3OS. The molecule has 1 atom stereocenters. The minimum atomic E-state index is -4.33. The predicted molar refractivity (Wildman–Crippen MR) is 50.5 cm³/mol. The van der Waals surface area contributed by atoms with Crippen LogP contribution in [0.2, 0.25) is 0 Å². The van der Waals surface area contributed by atoms with Crippen LogP contribution >= 0.6 is 10.3 Å². The molecule has 0 aliphatic rings. The smallest absolute Gasteiger partial charge is 0.317 e. The number of hydrogen-bond acceptors (Lipinski definition) is 1. The fraction of sp³-hybridized carbons (Fsp3) is 0.500. The normalized spacial score (nSPS) is 16.4. The zero-order valence-corrected chi connectivity index (χ0v) is 8.41. The third-order valence-corrected chi connectivity index (χ3v) is 3.50. The lowest BCUT2D eigenvalue weighted by Crippen LogP contribution is -2.28. The summed E-state index contributed by atoms with van der Waals surface area (Å²) in [5.74, 6) is 0. The Hall–Kier alpha value is -0.420. The van der Waals surface area contributed by atoms with Gasteiger partial charge in [-0.05, 0) is 24.0 Å². The molecule has 5 heteroatoms. The summed E-state index contributed by atoms with van der Waals surface area (Å²) >= 11 is 0. The molecule has 0 saturated heterocycles. The van der Waals surface area contributed by atoms with E-state index in [-0.39, 0.29) is 0 Å². The maximum Gasteiger partial charge on any atom is 0.415 e. The first-order valence-corrected chi connectivity index (χ1v) is 5.62. The average molecular weight is 214 g/mol. The van der Waals surface area contributed by atoms with Crippen LogP contribution in [-0.4, -0.2) is 18.5 Å². The zero-order chi connectivity index (χ0) is 10.7. The number of rotatable bonds is 4. The molecule has 0 fully saturated rings. The van der Waals surface area contributed by atoms with Crippen molar-refractivity contribution in [3.8, 4) is 0 Å². The fourth-order valence-electron chi connectivity index (χ4n) is 0.512. The van der Waals surface area contributed by atoms with E-state index in [0.717, 1.165) is 6.92 Å². The van der Waals surface area contributed by atoms with Gasteiger partial charge in [-0.2, -0.15) is 13.2 Å². The molecule has 0 amide bonds. The summed E-state index contributed by atoms with van der Waals surface area (Å²) in [7, 11) is -1.99. The standard InChI is InChI=1S/C8H13F3OS/c1-5-13(4,6-2)12-7(3)8(9,10)11/h5-7H,1-2H2,3-4H3. The first-order chi connectivity index (χ1) is 5.75. The van der Waals surface area contributed by atoms with Gasteiger partial charge in [0, 0.05) is 0 Å². The van der Waals surface area contributed by atoms with Crippen molar-refractivity contribution in [1.29, 1.82) is 0 Å². The Balaban J connectivity index is 4.42. The van der Waals surface area contributed by atoms with Crippen LogP contribution in [0, 0.1) is 0 Å². The van der Waals surface area contributed by atoms with E-state index in [1.807, 2.05) is 0 Å². The molecule has 0 aliphatic carbocycles. The van der Waals surface area contributed by atoms with Crippen LogP contribution in [0.3, 0.4) is 0 Å². The molecule has 0 saturated carbocycles. The Morgan fingerprint density at radius 3 is 1.92 bits per heavy atom. The highest BCUT2D eigenvalue weighted by Crippen LogP contribution is 2.50. The van der Waals surface area contributed by atoms with Gasteiger partial charge in [-0.15, -0.1) is 0 Å². The molecule has 0 aromatic rings. The molecule has 78 valence electrons. The summed E-state index contributed by atoms with van der Waals surface area (Å²) < 4.78 is 41.0. The second kappa shape index (κ2) is 4.19. The Morgan fingerprint density at radius 2 is 1.69 bits per heavy atom. The molecule has 0 radical (unpaired) electrons. The molecular weight excluding hydrogens is 201 g/mol. The van der Waals surface area contributed by atoms with Gasteiger partial charge in [-0.25, -0.2) is 0 Å². The molecule has 0 aliphatic heterocycles. The van der Waals surface area contributed by atoms with Crippen molar-refractivity contribution in [2.75, 3.05) is 6.26 Å². The van der Waals surface area contributed by atoms with Crippen LogP contribution in [0.1, 0.15) is 6.92 Å². The van der Waals surface area contributed by atoms with E-state index < -0.39 is 22.6 Å². The molecule has 1 unspecified atom stereocenters. The second-order valence-electron chi connectivity index (χ2n) is 2.58. The average Bonchev–Trinajstić information content (AvgIpc) is 2.02. The molecule has 0 bridgehead atoms. The number of alkyl halides is 3. The largest absolute Gasteiger partial charge is 0.415 e. The van der Waals surface area contributed by atoms with Gasteiger partial charge in [0.15, 0.2) is 6.10 Å². The van der Waals surface area contributed by atoms with Gasteiger partial charge in [-0.1, -0.05) is 23.5 Å². The third-order valence-electron chi connectivity index (χ3n) is 1.47. The van der Waals surface area contributed by atoms with E-state index in [0.29, 0.717) is 0 Å². The van der Waals surface area contributed by atoms with E-state index in [1.165, 1.54) is 10.8 Å². The van der Waals surface area contributed by atoms with E-state index in [9.17, 15) is 13.2 Å². The van der Waals surface area contributed by atoms with E-state index >= 15 is 0 Å². The monoisotopic (exact) mass is 214 g/mol. The van der Waals surface area contributed by atoms with Crippen LogP contribution in [0.25, 0.3) is 0 Å². The lowest BCUT2D eigenvalue weighted by atomic mass is 10.4. The Bertz CT molecular complexity index is 192. The molecule has 0 aromatic heterocycles. The quantitative estimate of drug-likeness (QED) is 0.694. The lowest BCUT2D eigenvalue weighted by molar-refractivity contribution is -0.186. The van der Waals surface area contributed by atoms with Crippen LogP contribution in [-0.2, 0) is 4.18 Å². The SMILES string of the molecule is C=CS(C)(C=C)OC(C)C(F)(F)F. The molecule has 1 nitrogen and oxygen atoms in total. The summed E-state index contributed by atoms with van der Waals surface area (Å²) in [6.45, 7) is 7.79. The first kappa shape index (κ1) is 12.6. The minimum Gasteiger partial charge on any atom is -0.317 e. The molecule has 0 heterocycles. The Labute approximate surface area is 77.8 Å². The summed E-state index contributed by atoms with van der Waals surface area (Å²) in [6, 6.07) is 0. The predicted octanol–water partition coefficient (Wildman–Crippen LogP) is 3.59. The molecule has 0 rings (SSSR count). The first-order valence-electron chi connectivity index (χ1n) is 3.53. The van der Waals surface area contributed by atoms with E-state index in [4.69, 9.17) is 4.18 Å². The van der Waals surface area contributed by atoms with Crippen molar-refractivity contribution in [2.24, 2.45) is 0 Å². The van der Waals surface area contributed by atoms with Gasteiger partial charge in [-0.3, -0.25) is 0 Å². The number of halogens is 3. The lowest BCUT2D eigenvalue weighted by Gasteiger charge is -2.31. The minimum absolute atomic E-state index is 0.970. The Morgan fingerprint density at radius 1 is 1.31 bits per heavy atom. The van der Waals surface area contributed by atoms with Crippen molar-refractivity contribution >= 4 is 10.3 Å². The molecule has 0 spiro atoms. The van der Waals surface area contributed by atoms with E-state index in [2.05, 4.69) is 13.2 Å². The van der Waals surface area contributed by atoms with Crippen molar-refractivity contribution in [1.82, 2.24) is 0 Å².